The fourth-order valence-electron chi connectivity index (χ4n) is 6.16. The summed E-state index contributed by atoms with van der Waals surface area (Å²) in [7, 11) is 0. The number of likely N-dealkylation sites (tertiary alicyclic amines) is 1. The molecule has 2 aliphatic rings. The molecule has 0 aliphatic carbocycles. The third-order valence-electron chi connectivity index (χ3n) is 8.43. The lowest BCUT2D eigenvalue weighted by atomic mass is 9.78. The van der Waals surface area contributed by atoms with Crippen LogP contribution in [0.5, 0.6) is 5.88 Å². The van der Waals surface area contributed by atoms with Crippen molar-refractivity contribution in [2.75, 3.05) is 24.5 Å². The molecule has 2 saturated heterocycles. The average Bonchev–Trinajstić information content (AvgIpc) is 3.56. The van der Waals surface area contributed by atoms with Crippen molar-refractivity contribution in [3.8, 4) is 5.88 Å². The number of carbonyl (C=O) groups is 2. The van der Waals surface area contributed by atoms with E-state index in [1.54, 1.807) is 41.0 Å². The van der Waals surface area contributed by atoms with Crippen LogP contribution < -0.4 is 9.64 Å². The maximum atomic E-state index is 16.7. The first-order valence-electron chi connectivity index (χ1n) is 14.0. The molecule has 5 heterocycles. The molecule has 6 rings (SSSR count). The van der Waals surface area contributed by atoms with E-state index in [9.17, 15) is 18.4 Å². The van der Waals surface area contributed by atoms with Gasteiger partial charge in [-0.25, -0.2) is 28.1 Å². The average molecular weight is 616 g/mol. The molecule has 0 spiro atoms. The van der Waals surface area contributed by atoms with Crippen molar-refractivity contribution in [3.05, 3.63) is 52.9 Å². The van der Waals surface area contributed by atoms with Gasteiger partial charge in [0.05, 0.1) is 23.2 Å². The summed E-state index contributed by atoms with van der Waals surface area (Å²) in [5, 5.41) is 0.769. The summed E-state index contributed by atoms with van der Waals surface area (Å²) in [5.74, 6) is -1.55. The molecular formula is C30H29ClF3N5O4. The van der Waals surface area contributed by atoms with Crippen molar-refractivity contribution in [1.82, 2.24) is 19.9 Å². The summed E-state index contributed by atoms with van der Waals surface area (Å²) < 4.78 is 56.9. The Morgan fingerprint density at radius 1 is 1.19 bits per heavy atom. The fraction of sp³-hybridized carbons (Fsp3) is 0.433. The molecule has 1 amide bonds. The Morgan fingerprint density at radius 2 is 1.95 bits per heavy atom. The minimum absolute atomic E-state index is 0.0222. The van der Waals surface area contributed by atoms with Gasteiger partial charge >= 0.3 is 0 Å². The Hall–Kier alpha value is -3.93. The summed E-state index contributed by atoms with van der Waals surface area (Å²) in [6.07, 6.45) is -2.09. The summed E-state index contributed by atoms with van der Waals surface area (Å²) in [4.78, 5) is 40.5. The number of halogens is 4. The van der Waals surface area contributed by atoms with E-state index in [2.05, 4.69) is 15.0 Å². The molecule has 3 aromatic heterocycles. The van der Waals surface area contributed by atoms with Crippen molar-refractivity contribution in [2.24, 2.45) is 5.92 Å². The van der Waals surface area contributed by atoms with Crippen LogP contribution in [0.25, 0.3) is 22.1 Å². The third-order valence-corrected chi connectivity index (χ3v) is 8.64. The summed E-state index contributed by atoms with van der Waals surface area (Å²) in [5.41, 5.74) is -0.878. The molecule has 13 heteroatoms. The number of nitrogens with zero attached hydrogens (tertiary/aromatic N) is 5. The van der Waals surface area contributed by atoms with Crippen LogP contribution in [-0.4, -0.2) is 63.3 Å². The van der Waals surface area contributed by atoms with Gasteiger partial charge in [-0.1, -0.05) is 30.7 Å². The second-order valence-electron chi connectivity index (χ2n) is 11.2. The monoisotopic (exact) mass is 615 g/mol. The summed E-state index contributed by atoms with van der Waals surface area (Å²) in [6, 6.07) is 7.62. The lowest BCUT2D eigenvalue weighted by Crippen LogP contribution is -2.48. The number of carbonyl (C=O) groups excluding carboxylic acids is 2. The Balaban J connectivity index is 1.36. The molecule has 1 aromatic carbocycles. The molecule has 2 aliphatic heterocycles. The lowest BCUT2D eigenvalue weighted by molar-refractivity contribution is -0.133. The number of ether oxygens (including phenoxy) is 1. The van der Waals surface area contributed by atoms with Crippen molar-refractivity contribution in [3.63, 3.8) is 0 Å². The van der Waals surface area contributed by atoms with Gasteiger partial charge in [-0.05, 0) is 25.1 Å². The molecular weight excluding hydrogens is 587 g/mol. The normalized spacial score (nSPS) is 24.3. The van der Waals surface area contributed by atoms with Crippen molar-refractivity contribution in [2.45, 2.75) is 57.9 Å². The number of furan rings is 1. The lowest BCUT2D eigenvalue weighted by Gasteiger charge is -2.41. The number of aromatic nitrogens is 3. The number of rotatable bonds is 6. The van der Waals surface area contributed by atoms with Crippen LogP contribution in [0.15, 0.2) is 40.9 Å². The van der Waals surface area contributed by atoms with Gasteiger partial charge in [0.15, 0.2) is 23.0 Å². The molecule has 0 N–H and O–H groups in total. The highest BCUT2D eigenvalue weighted by Gasteiger charge is 2.47. The quantitative estimate of drug-likeness (QED) is 0.259. The highest BCUT2D eigenvalue weighted by Crippen LogP contribution is 2.46. The molecule has 2 fully saturated rings. The van der Waals surface area contributed by atoms with E-state index in [4.69, 9.17) is 20.8 Å². The Labute approximate surface area is 250 Å². The number of fused-ring (bicyclic) bond motifs is 3. The zero-order chi connectivity index (χ0) is 30.6. The highest BCUT2D eigenvalue weighted by molar-refractivity contribution is 6.30. The first kappa shape index (κ1) is 29.2. The van der Waals surface area contributed by atoms with Gasteiger partial charge in [0, 0.05) is 50.4 Å². The number of hydrogen-bond acceptors (Lipinski definition) is 8. The number of alkyl halides is 3. The van der Waals surface area contributed by atoms with Gasteiger partial charge in [-0.15, -0.1) is 0 Å². The van der Waals surface area contributed by atoms with E-state index >= 15 is 4.39 Å². The van der Waals surface area contributed by atoms with Crippen LogP contribution in [0.3, 0.4) is 0 Å². The summed E-state index contributed by atoms with van der Waals surface area (Å²) in [6.45, 7) is 5.07. The minimum Gasteiger partial charge on any atom is -0.472 e. The minimum atomic E-state index is -2.96. The van der Waals surface area contributed by atoms with E-state index in [-0.39, 0.29) is 77.5 Å². The zero-order valence-corrected chi connectivity index (χ0v) is 24.4. The molecule has 226 valence electrons. The van der Waals surface area contributed by atoms with Gasteiger partial charge in [0.1, 0.15) is 22.9 Å². The summed E-state index contributed by atoms with van der Waals surface area (Å²) >= 11 is 6.25. The van der Waals surface area contributed by atoms with Crippen molar-refractivity contribution < 1.29 is 31.9 Å². The van der Waals surface area contributed by atoms with Gasteiger partial charge in [0.25, 0.3) is 6.43 Å². The van der Waals surface area contributed by atoms with Crippen molar-refractivity contribution in [1.29, 1.82) is 0 Å². The van der Waals surface area contributed by atoms with Crippen LogP contribution in [0.4, 0.5) is 19.0 Å². The van der Waals surface area contributed by atoms with Crippen LogP contribution in [-0.2, 0) is 15.3 Å². The van der Waals surface area contributed by atoms with E-state index < -0.39 is 36.0 Å². The number of piperidine rings is 1. The molecule has 43 heavy (non-hydrogen) atoms. The number of ketones is 1. The smallest absolute Gasteiger partial charge is 0.297 e. The Morgan fingerprint density at radius 3 is 2.65 bits per heavy atom. The molecule has 0 saturated carbocycles. The van der Waals surface area contributed by atoms with E-state index in [1.165, 1.54) is 26.1 Å². The van der Waals surface area contributed by atoms with Crippen LogP contribution in [0, 0.1) is 5.92 Å². The number of hydrogen-bond donors (Lipinski definition) is 0. The Bertz CT molecular complexity index is 1740. The first-order valence-corrected chi connectivity index (χ1v) is 14.4. The topological polar surface area (TPSA) is 102 Å². The molecule has 4 atom stereocenters. The second kappa shape index (κ2) is 11.0. The van der Waals surface area contributed by atoms with Gasteiger partial charge in [-0.2, -0.15) is 0 Å². The standard InChI is InChI=1S/C30H29ClF3N5O4/c1-15-13-38(17(3)41)9-8-30(15,34)21-10-18(31)12-35-29(21)42-19-11-22(16(2)40)39(14-19)28-25-24(36-27(37-28)26(32)33)20-6-4-5-7-23(20)43-25/h4-7,10,12,15,19,22,26H,8-9,11,13-14H2,1-3H3/t15-,19-,22-,30+/m0/s1. The molecule has 0 unspecified atom stereocenters. The number of amides is 1. The van der Waals surface area contributed by atoms with Gasteiger partial charge in [0.2, 0.25) is 11.8 Å². The number of anilines is 1. The van der Waals surface area contributed by atoms with Crippen LogP contribution >= 0.6 is 11.6 Å². The maximum absolute atomic E-state index is 16.7. The third kappa shape index (κ3) is 5.15. The number of pyridine rings is 1. The maximum Gasteiger partial charge on any atom is 0.297 e. The van der Waals surface area contributed by atoms with Crippen LogP contribution in [0.2, 0.25) is 5.02 Å². The molecule has 0 bridgehead atoms. The number of benzene rings is 1. The number of Topliss-reactive ketones (excluding diaryl/α,β-unsaturated/α-hetero) is 1. The zero-order valence-electron chi connectivity index (χ0n) is 23.7. The molecule has 4 aromatic rings. The SMILES string of the molecule is CC(=O)[C@@H]1C[C@H](Oc2ncc(Cl)cc2[C@@]2(F)CCN(C(C)=O)C[C@@H]2C)CN1c1nc(C(F)F)nc2c1oc1ccccc12. The largest absolute Gasteiger partial charge is 0.472 e. The van der Waals surface area contributed by atoms with E-state index in [0.29, 0.717) is 11.0 Å². The van der Waals surface area contributed by atoms with Gasteiger partial charge in [-0.3, -0.25) is 9.59 Å². The van der Waals surface area contributed by atoms with Gasteiger partial charge < -0.3 is 19.0 Å². The first-order chi connectivity index (χ1) is 20.5. The second-order valence-corrected chi connectivity index (χ2v) is 11.7. The molecule has 0 radical (unpaired) electrons. The van der Waals surface area contributed by atoms with E-state index in [1.807, 2.05) is 0 Å². The molecule has 9 nitrogen and oxygen atoms in total. The number of para-hydroxylation sites is 1. The highest BCUT2D eigenvalue weighted by atomic mass is 35.5. The van der Waals surface area contributed by atoms with Crippen LogP contribution in [0.1, 0.15) is 51.4 Å². The van der Waals surface area contributed by atoms with Crippen molar-refractivity contribution >= 4 is 51.2 Å². The fourth-order valence-corrected chi connectivity index (χ4v) is 6.32. The Kier molecular flexibility index (Phi) is 7.44. The predicted octanol–water partition coefficient (Wildman–Crippen LogP) is 6.03. The van der Waals surface area contributed by atoms with E-state index in [0.717, 1.165) is 0 Å². The predicted molar refractivity (Wildman–Crippen MR) is 153 cm³/mol.